The second-order valence-electron chi connectivity index (χ2n) is 3.54. The molecular weight excluding hydrogens is 156 g/mol. The van der Waals surface area contributed by atoms with Crippen LogP contribution in [0.3, 0.4) is 0 Å². The summed E-state index contributed by atoms with van der Waals surface area (Å²) in [6, 6.07) is 0. The molecule has 72 valence electrons. The lowest BCUT2D eigenvalue weighted by Crippen LogP contribution is -1.79. The summed E-state index contributed by atoms with van der Waals surface area (Å²) in [5, 5.41) is 0. The van der Waals surface area contributed by atoms with Crippen LogP contribution < -0.4 is 0 Å². The van der Waals surface area contributed by atoms with Gasteiger partial charge in [0.1, 0.15) is 0 Å². The highest BCUT2D eigenvalue weighted by Crippen LogP contribution is 2.15. The molecule has 0 aromatic carbocycles. The van der Waals surface area contributed by atoms with E-state index < -0.39 is 0 Å². The standard InChI is InChI=1S/C13H20/c1-3-12-9-7-5-6-8-10-13(4-2)11-12/h7,9-11H,3-6,8H2,1-2H3. The van der Waals surface area contributed by atoms with E-state index in [2.05, 4.69) is 38.2 Å². The number of rotatable bonds is 2. The Hall–Kier alpha value is -0.780. The van der Waals surface area contributed by atoms with Crippen molar-refractivity contribution < 1.29 is 0 Å². The summed E-state index contributed by atoms with van der Waals surface area (Å²) < 4.78 is 0. The van der Waals surface area contributed by atoms with Gasteiger partial charge in [-0.15, -0.1) is 0 Å². The molecule has 13 heavy (non-hydrogen) atoms. The van der Waals surface area contributed by atoms with E-state index in [0.29, 0.717) is 0 Å². The van der Waals surface area contributed by atoms with E-state index in [1.807, 2.05) is 0 Å². The molecule has 1 aliphatic carbocycles. The maximum absolute atomic E-state index is 2.39. The Bertz CT molecular complexity index is 228. The van der Waals surface area contributed by atoms with E-state index in [0.717, 1.165) is 12.8 Å². The third kappa shape index (κ3) is 3.63. The van der Waals surface area contributed by atoms with Crippen LogP contribution >= 0.6 is 0 Å². The Labute approximate surface area is 82.0 Å². The highest BCUT2D eigenvalue weighted by atomic mass is 14.0. The maximum atomic E-state index is 2.39. The summed E-state index contributed by atoms with van der Waals surface area (Å²) in [5.41, 5.74) is 2.97. The fraction of sp³-hybridized carbons (Fsp3) is 0.538. The van der Waals surface area contributed by atoms with Crippen LogP contribution in [0.5, 0.6) is 0 Å². The fourth-order valence-electron chi connectivity index (χ4n) is 1.57. The molecular formula is C13H20. The van der Waals surface area contributed by atoms with Gasteiger partial charge in [0.05, 0.1) is 0 Å². The van der Waals surface area contributed by atoms with Crippen LogP contribution in [0.25, 0.3) is 0 Å². The molecule has 0 saturated carbocycles. The lowest BCUT2D eigenvalue weighted by Gasteiger charge is -2.00. The van der Waals surface area contributed by atoms with E-state index in [4.69, 9.17) is 0 Å². The molecule has 0 saturated heterocycles. The van der Waals surface area contributed by atoms with Crippen molar-refractivity contribution in [3.8, 4) is 0 Å². The third-order valence-corrected chi connectivity index (χ3v) is 2.50. The normalized spacial score (nSPS) is 18.3. The first kappa shape index (κ1) is 10.3. The second-order valence-corrected chi connectivity index (χ2v) is 3.54. The minimum Gasteiger partial charge on any atom is -0.0843 e. The van der Waals surface area contributed by atoms with Crippen LogP contribution in [-0.2, 0) is 0 Å². The third-order valence-electron chi connectivity index (χ3n) is 2.50. The second kappa shape index (κ2) is 5.80. The molecule has 0 bridgehead atoms. The largest absolute Gasteiger partial charge is 0.0843 e. The van der Waals surface area contributed by atoms with Gasteiger partial charge in [-0.3, -0.25) is 0 Å². The van der Waals surface area contributed by atoms with E-state index in [9.17, 15) is 0 Å². The number of allylic oxidation sites excluding steroid dienone is 6. The van der Waals surface area contributed by atoms with Gasteiger partial charge in [-0.2, -0.15) is 0 Å². The van der Waals surface area contributed by atoms with Crippen molar-refractivity contribution >= 4 is 0 Å². The number of hydrogen-bond acceptors (Lipinski definition) is 0. The molecule has 0 unspecified atom stereocenters. The van der Waals surface area contributed by atoms with Crippen LogP contribution in [0.2, 0.25) is 0 Å². The predicted octanol–water partition coefficient (Wildman–Crippen LogP) is 4.40. The predicted molar refractivity (Wildman–Crippen MR) is 59.7 cm³/mol. The van der Waals surface area contributed by atoms with Gasteiger partial charge in [-0.1, -0.05) is 43.7 Å². The molecule has 0 amide bonds. The highest BCUT2D eigenvalue weighted by molar-refractivity contribution is 5.30. The molecule has 0 atom stereocenters. The molecule has 1 rings (SSSR count). The van der Waals surface area contributed by atoms with E-state index >= 15 is 0 Å². The Morgan fingerprint density at radius 1 is 1.08 bits per heavy atom. The zero-order valence-corrected chi connectivity index (χ0v) is 8.84. The lowest BCUT2D eigenvalue weighted by atomic mass is 10.1. The van der Waals surface area contributed by atoms with Gasteiger partial charge in [0, 0.05) is 0 Å². The average molecular weight is 176 g/mol. The molecule has 0 nitrogen and oxygen atoms in total. The van der Waals surface area contributed by atoms with Crippen LogP contribution in [-0.4, -0.2) is 0 Å². The van der Waals surface area contributed by atoms with Gasteiger partial charge < -0.3 is 0 Å². The molecule has 0 radical (unpaired) electrons. The van der Waals surface area contributed by atoms with Crippen molar-refractivity contribution in [1.29, 1.82) is 0 Å². The molecule has 0 fully saturated rings. The van der Waals surface area contributed by atoms with Gasteiger partial charge in [-0.05, 0) is 37.7 Å². The Morgan fingerprint density at radius 3 is 2.54 bits per heavy atom. The highest BCUT2D eigenvalue weighted by Gasteiger charge is 1.95. The Kier molecular flexibility index (Phi) is 4.59. The fourth-order valence-corrected chi connectivity index (χ4v) is 1.57. The van der Waals surface area contributed by atoms with Crippen molar-refractivity contribution in [3.05, 3.63) is 35.5 Å². The smallest absolute Gasteiger partial charge is 0.0307 e. The summed E-state index contributed by atoms with van der Waals surface area (Å²) in [5.74, 6) is 0. The molecule has 0 heterocycles. The van der Waals surface area contributed by atoms with E-state index in [1.165, 1.54) is 30.4 Å². The van der Waals surface area contributed by atoms with Crippen LogP contribution in [0, 0.1) is 0 Å². The Morgan fingerprint density at radius 2 is 1.85 bits per heavy atom. The molecule has 0 heteroatoms. The zero-order valence-electron chi connectivity index (χ0n) is 8.84. The van der Waals surface area contributed by atoms with Gasteiger partial charge in [0.2, 0.25) is 0 Å². The molecule has 0 N–H and O–H groups in total. The van der Waals surface area contributed by atoms with Crippen LogP contribution in [0.4, 0.5) is 0 Å². The maximum Gasteiger partial charge on any atom is -0.0307 e. The average Bonchev–Trinajstić information content (AvgIpc) is 2.28. The van der Waals surface area contributed by atoms with Gasteiger partial charge >= 0.3 is 0 Å². The monoisotopic (exact) mass is 176 g/mol. The minimum atomic E-state index is 1.15. The van der Waals surface area contributed by atoms with E-state index in [1.54, 1.807) is 0 Å². The molecule has 0 aromatic heterocycles. The Balaban J connectivity index is 2.80. The summed E-state index contributed by atoms with van der Waals surface area (Å²) >= 11 is 0. The van der Waals surface area contributed by atoms with Crippen LogP contribution in [0.1, 0.15) is 46.0 Å². The van der Waals surface area contributed by atoms with Crippen molar-refractivity contribution in [2.75, 3.05) is 0 Å². The van der Waals surface area contributed by atoms with Crippen molar-refractivity contribution in [2.45, 2.75) is 46.0 Å². The first-order valence-corrected chi connectivity index (χ1v) is 5.43. The molecule has 0 spiro atoms. The van der Waals surface area contributed by atoms with Gasteiger partial charge in [0.15, 0.2) is 0 Å². The van der Waals surface area contributed by atoms with E-state index in [-0.39, 0.29) is 0 Å². The lowest BCUT2D eigenvalue weighted by molar-refractivity contribution is 0.862. The minimum absolute atomic E-state index is 1.15. The quantitative estimate of drug-likeness (QED) is 0.585. The summed E-state index contributed by atoms with van der Waals surface area (Å²) in [6.07, 6.45) is 15.4. The summed E-state index contributed by atoms with van der Waals surface area (Å²) in [4.78, 5) is 0. The van der Waals surface area contributed by atoms with Crippen LogP contribution in [0.15, 0.2) is 35.5 Å². The van der Waals surface area contributed by atoms with Gasteiger partial charge in [0.25, 0.3) is 0 Å². The van der Waals surface area contributed by atoms with Crippen molar-refractivity contribution in [3.63, 3.8) is 0 Å². The molecule has 1 aliphatic rings. The summed E-state index contributed by atoms with van der Waals surface area (Å²) in [6.45, 7) is 4.46. The van der Waals surface area contributed by atoms with Crippen molar-refractivity contribution in [2.24, 2.45) is 0 Å². The zero-order chi connectivity index (χ0) is 9.52. The van der Waals surface area contributed by atoms with Gasteiger partial charge in [-0.25, -0.2) is 0 Å². The van der Waals surface area contributed by atoms with Crippen molar-refractivity contribution in [1.82, 2.24) is 0 Å². The topological polar surface area (TPSA) is 0 Å². The molecule has 0 aromatic rings. The molecule has 0 aliphatic heterocycles. The number of hydrogen-bond donors (Lipinski definition) is 0. The SMILES string of the molecule is CCC1=CCCCC=CC(CC)=C1. The summed E-state index contributed by atoms with van der Waals surface area (Å²) in [7, 11) is 0. The first-order chi connectivity index (χ1) is 6.36. The first-order valence-electron chi connectivity index (χ1n) is 5.43.